The third-order valence-electron chi connectivity index (χ3n) is 3.08. The summed E-state index contributed by atoms with van der Waals surface area (Å²) in [5.41, 5.74) is 7.25. The standard InChI is InChI=1S/C13H14N4O4/c1-8-3-4-9(5-11(8)17(19)20)12-10(6-18)13(14)16(15-12)7-21-2/h3-6H,7,14H2,1-2H3. The van der Waals surface area contributed by atoms with Crippen molar-refractivity contribution in [1.29, 1.82) is 0 Å². The first kappa shape index (κ1) is 14.7. The number of nitro groups is 1. The van der Waals surface area contributed by atoms with E-state index in [2.05, 4.69) is 5.10 Å². The molecule has 1 heterocycles. The van der Waals surface area contributed by atoms with Gasteiger partial charge in [-0.3, -0.25) is 14.9 Å². The molecule has 8 nitrogen and oxygen atoms in total. The first-order chi connectivity index (χ1) is 9.99. The molecule has 1 aromatic carbocycles. The number of benzene rings is 1. The number of anilines is 1. The van der Waals surface area contributed by atoms with Crippen molar-refractivity contribution >= 4 is 17.8 Å². The predicted molar refractivity (Wildman–Crippen MR) is 75.9 cm³/mol. The number of rotatable bonds is 5. The van der Waals surface area contributed by atoms with Crippen LogP contribution in [0.25, 0.3) is 11.3 Å². The molecule has 0 aliphatic rings. The summed E-state index contributed by atoms with van der Waals surface area (Å²) in [5.74, 6) is 0.157. The minimum absolute atomic E-state index is 0.0378. The van der Waals surface area contributed by atoms with E-state index in [0.717, 1.165) is 0 Å². The van der Waals surface area contributed by atoms with E-state index < -0.39 is 4.92 Å². The fraction of sp³-hybridized carbons (Fsp3) is 0.231. The number of hydrogen-bond donors (Lipinski definition) is 1. The van der Waals surface area contributed by atoms with Gasteiger partial charge in [0.2, 0.25) is 0 Å². The van der Waals surface area contributed by atoms with Gasteiger partial charge in [-0.25, -0.2) is 4.68 Å². The number of aldehydes is 1. The summed E-state index contributed by atoms with van der Waals surface area (Å²) in [7, 11) is 1.47. The molecule has 2 rings (SSSR count). The zero-order valence-electron chi connectivity index (χ0n) is 11.6. The molecule has 0 saturated carbocycles. The van der Waals surface area contributed by atoms with Gasteiger partial charge in [0.05, 0.1) is 10.5 Å². The number of ether oxygens (including phenoxy) is 1. The molecule has 0 amide bonds. The number of nitro benzene ring substituents is 1. The summed E-state index contributed by atoms with van der Waals surface area (Å²) >= 11 is 0. The predicted octanol–water partition coefficient (Wildman–Crippen LogP) is 1.77. The number of aryl methyl sites for hydroxylation is 1. The molecule has 0 saturated heterocycles. The summed E-state index contributed by atoms with van der Waals surface area (Å²) < 4.78 is 6.26. The lowest BCUT2D eigenvalue weighted by Gasteiger charge is -2.01. The van der Waals surface area contributed by atoms with Gasteiger partial charge in [0.15, 0.2) is 6.29 Å². The third kappa shape index (κ3) is 2.61. The minimum atomic E-state index is -0.477. The molecule has 0 atom stereocenters. The summed E-state index contributed by atoms with van der Waals surface area (Å²) in [6, 6.07) is 4.64. The molecule has 0 bridgehead atoms. The molecular weight excluding hydrogens is 276 g/mol. The van der Waals surface area contributed by atoms with Crippen molar-refractivity contribution in [2.24, 2.45) is 0 Å². The fourth-order valence-electron chi connectivity index (χ4n) is 1.99. The van der Waals surface area contributed by atoms with Gasteiger partial charge in [-0.2, -0.15) is 5.10 Å². The number of hydrogen-bond acceptors (Lipinski definition) is 6. The Morgan fingerprint density at radius 3 is 2.81 bits per heavy atom. The third-order valence-corrected chi connectivity index (χ3v) is 3.08. The number of nitrogens with zero attached hydrogens (tertiary/aromatic N) is 3. The minimum Gasteiger partial charge on any atom is -0.383 e. The Hall–Kier alpha value is -2.74. The topological polar surface area (TPSA) is 113 Å². The van der Waals surface area contributed by atoms with Crippen LogP contribution in [0.4, 0.5) is 11.5 Å². The highest BCUT2D eigenvalue weighted by Gasteiger charge is 2.19. The van der Waals surface area contributed by atoms with E-state index in [1.807, 2.05) is 0 Å². The summed E-state index contributed by atoms with van der Waals surface area (Å²) in [6.07, 6.45) is 0.579. The fourth-order valence-corrected chi connectivity index (χ4v) is 1.99. The normalized spacial score (nSPS) is 10.6. The Kier molecular flexibility index (Phi) is 3.99. The number of nitrogens with two attached hydrogens (primary N) is 1. The Bertz CT molecular complexity index is 708. The summed E-state index contributed by atoms with van der Waals surface area (Å²) in [6.45, 7) is 1.72. The molecular formula is C13H14N4O4. The van der Waals surface area contributed by atoms with Gasteiger partial charge in [-0.05, 0) is 6.92 Å². The van der Waals surface area contributed by atoms with Crippen molar-refractivity contribution in [3.63, 3.8) is 0 Å². The second-order valence-electron chi connectivity index (χ2n) is 4.44. The number of methoxy groups -OCH3 is 1. The maximum atomic E-state index is 11.2. The molecule has 0 fully saturated rings. The average Bonchev–Trinajstić information content (AvgIpc) is 2.76. The molecule has 21 heavy (non-hydrogen) atoms. The Morgan fingerprint density at radius 2 is 2.24 bits per heavy atom. The molecule has 2 aromatic rings. The van der Waals surface area contributed by atoms with Gasteiger partial charge in [-0.1, -0.05) is 12.1 Å². The van der Waals surface area contributed by atoms with Gasteiger partial charge < -0.3 is 10.5 Å². The molecule has 0 spiro atoms. The van der Waals surface area contributed by atoms with Crippen LogP contribution in [0.1, 0.15) is 15.9 Å². The van der Waals surface area contributed by atoms with Gasteiger partial charge in [0.25, 0.3) is 5.69 Å². The van der Waals surface area contributed by atoms with E-state index in [1.54, 1.807) is 19.1 Å². The van der Waals surface area contributed by atoms with E-state index in [1.165, 1.54) is 17.9 Å². The van der Waals surface area contributed by atoms with E-state index in [-0.39, 0.29) is 23.8 Å². The average molecular weight is 290 g/mol. The first-order valence-electron chi connectivity index (χ1n) is 6.05. The molecule has 0 unspecified atom stereocenters. The number of nitrogen functional groups attached to an aromatic ring is 1. The second kappa shape index (κ2) is 5.71. The SMILES string of the molecule is COCn1nc(-c2ccc(C)c([N+](=O)[O-])c2)c(C=O)c1N. The van der Waals surface area contributed by atoms with Gasteiger partial charge in [0.1, 0.15) is 18.2 Å². The molecule has 110 valence electrons. The van der Waals surface area contributed by atoms with Crippen LogP contribution in [0.15, 0.2) is 18.2 Å². The van der Waals surface area contributed by atoms with Crippen LogP contribution in [0.2, 0.25) is 0 Å². The van der Waals surface area contributed by atoms with E-state index in [4.69, 9.17) is 10.5 Å². The first-order valence-corrected chi connectivity index (χ1v) is 6.05. The van der Waals surface area contributed by atoms with Crippen molar-refractivity contribution in [1.82, 2.24) is 9.78 Å². The van der Waals surface area contributed by atoms with Gasteiger partial charge in [0, 0.05) is 24.3 Å². The lowest BCUT2D eigenvalue weighted by molar-refractivity contribution is -0.385. The van der Waals surface area contributed by atoms with E-state index in [0.29, 0.717) is 23.1 Å². The second-order valence-corrected chi connectivity index (χ2v) is 4.44. The lowest BCUT2D eigenvalue weighted by atomic mass is 10.0. The molecule has 1 aromatic heterocycles. The highest BCUT2D eigenvalue weighted by atomic mass is 16.6. The van der Waals surface area contributed by atoms with Crippen LogP contribution in [-0.2, 0) is 11.5 Å². The van der Waals surface area contributed by atoms with Crippen LogP contribution >= 0.6 is 0 Å². The highest BCUT2D eigenvalue weighted by molar-refractivity contribution is 5.91. The molecule has 0 aliphatic heterocycles. The maximum absolute atomic E-state index is 11.2. The van der Waals surface area contributed by atoms with Crippen LogP contribution in [-0.4, -0.2) is 28.1 Å². The number of aromatic nitrogens is 2. The Balaban J connectivity index is 2.61. The van der Waals surface area contributed by atoms with Crippen molar-refractivity contribution < 1.29 is 14.5 Å². The molecule has 0 aliphatic carbocycles. The molecule has 8 heteroatoms. The largest absolute Gasteiger partial charge is 0.383 e. The Labute approximate surface area is 120 Å². The quantitative estimate of drug-likeness (QED) is 0.510. The van der Waals surface area contributed by atoms with E-state index >= 15 is 0 Å². The van der Waals surface area contributed by atoms with Gasteiger partial charge in [-0.15, -0.1) is 0 Å². The van der Waals surface area contributed by atoms with E-state index in [9.17, 15) is 14.9 Å². The van der Waals surface area contributed by atoms with Gasteiger partial charge >= 0.3 is 0 Å². The number of carbonyl (C=O) groups excluding carboxylic acids is 1. The maximum Gasteiger partial charge on any atom is 0.272 e. The Morgan fingerprint density at radius 1 is 1.52 bits per heavy atom. The molecule has 0 radical (unpaired) electrons. The zero-order valence-corrected chi connectivity index (χ0v) is 11.6. The highest BCUT2D eigenvalue weighted by Crippen LogP contribution is 2.30. The van der Waals surface area contributed by atoms with Crippen LogP contribution < -0.4 is 5.73 Å². The number of carbonyl (C=O) groups is 1. The lowest BCUT2D eigenvalue weighted by Crippen LogP contribution is -2.06. The van der Waals surface area contributed by atoms with Crippen LogP contribution in [0, 0.1) is 17.0 Å². The zero-order chi connectivity index (χ0) is 15.6. The van der Waals surface area contributed by atoms with Crippen molar-refractivity contribution in [2.75, 3.05) is 12.8 Å². The van der Waals surface area contributed by atoms with Crippen LogP contribution in [0.3, 0.4) is 0 Å². The van der Waals surface area contributed by atoms with Crippen LogP contribution in [0.5, 0.6) is 0 Å². The molecule has 2 N–H and O–H groups in total. The summed E-state index contributed by atoms with van der Waals surface area (Å²) in [4.78, 5) is 21.7. The smallest absolute Gasteiger partial charge is 0.272 e. The summed E-state index contributed by atoms with van der Waals surface area (Å²) in [5, 5.41) is 15.2. The van der Waals surface area contributed by atoms with Crippen molar-refractivity contribution in [3.8, 4) is 11.3 Å². The van der Waals surface area contributed by atoms with Crippen molar-refractivity contribution in [3.05, 3.63) is 39.4 Å². The van der Waals surface area contributed by atoms with Crippen molar-refractivity contribution in [2.45, 2.75) is 13.7 Å². The monoisotopic (exact) mass is 290 g/mol.